The Bertz CT molecular complexity index is 271. The van der Waals surface area contributed by atoms with Gasteiger partial charge in [-0.1, -0.05) is 0 Å². The van der Waals surface area contributed by atoms with Crippen molar-refractivity contribution >= 4 is 0 Å². The Morgan fingerprint density at radius 1 is 1.57 bits per heavy atom. The molecule has 0 radical (unpaired) electrons. The Balaban J connectivity index is 2.47. The van der Waals surface area contributed by atoms with Crippen molar-refractivity contribution in [2.45, 2.75) is 39.5 Å². The predicted molar refractivity (Wildman–Crippen MR) is 53.9 cm³/mol. The van der Waals surface area contributed by atoms with Gasteiger partial charge in [-0.3, -0.25) is 4.68 Å². The summed E-state index contributed by atoms with van der Waals surface area (Å²) in [6, 6.07) is 0. The van der Waals surface area contributed by atoms with E-state index in [1.165, 1.54) is 0 Å². The number of hydrogen-bond acceptors (Lipinski definition) is 3. The van der Waals surface area contributed by atoms with Crippen LogP contribution in [0.5, 0.6) is 0 Å². The highest BCUT2D eigenvalue weighted by Gasteiger charge is 2.10. The number of ether oxygens (including phenoxy) is 1. The number of aliphatic hydroxyl groups excluding tert-OH is 1. The molecule has 1 heterocycles. The SMILES string of the molecule is CCn1cc(C(O)COC(C)C)cn1. The maximum absolute atomic E-state index is 9.70. The molecule has 1 aromatic heterocycles. The zero-order chi connectivity index (χ0) is 10.6. The standard InChI is InChI=1S/C10H18N2O2/c1-4-12-6-9(5-11-12)10(13)7-14-8(2)3/h5-6,8,10,13H,4,7H2,1-3H3. The van der Waals surface area contributed by atoms with E-state index in [1.807, 2.05) is 27.0 Å². The molecular weight excluding hydrogens is 180 g/mol. The number of aromatic nitrogens is 2. The molecule has 1 N–H and O–H groups in total. The number of nitrogens with zero attached hydrogens (tertiary/aromatic N) is 2. The van der Waals surface area contributed by atoms with E-state index in [4.69, 9.17) is 4.74 Å². The number of rotatable bonds is 5. The van der Waals surface area contributed by atoms with Crippen LogP contribution in [0.25, 0.3) is 0 Å². The highest BCUT2D eigenvalue weighted by atomic mass is 16.5. The van der Waals surface area contributed by atoms with E-state index >= 15 is 0 Å². The molecular formula is C10H18N2O2. The Morgan fingerprint density at radius 2 is 2.29 bits per heavy atom. The lowest BCUT2D eigenvalue weighted by Gasteiger charge is -2.11. The summed E-state index contributed by atoms with van der Waals surface area (Å²) in [5, 5.41) is 13.8. The molecule has 0 saturated carbocycles. The molecule has 0 saturated heterocycles. The third kappa shape index (κ3) is 3.12. The third-order valence-corrected chi connectivity index (χ3v) is 1.95. The second-order valence-electron chi connectivity index (χ2n) is 3.53. The molecule has 4 nitrogen and oxygen atoms in total. The van der Waals surface area contributed by atoms with Crippen LogP contribution in [0.3, 0.4) is 0 Å². The van der Waals surface area contributed by atoms with E-state index in [0.29, 0.717) is 6.61 Å². The van der Waals surface area contributed by atoms with Gasteiger partial charge in [0.15, 0.2) is 0 Å². The fraction of sp³-hybridized carbons (Fsp3) is 0.700. The topological polar surface area (TPSA) is 47.3 Å². The van der Waals surface area contributed by atoms with Gasteiger partial charge in [0, 0.05) is 18.3 Å². The molecule has 0 bridgehead atoms. The van der Waals surface area contributed by atoms with Crippen molar-refractivity contribution in [2.24, 2.45) is 0 Å². The molecule has 1 rings (SSSR count). The molecule has 0 aliphatic rings. The van der Waals surface area contributed by atoms with Crippen molar-refractivity contribution < 1.29 is 9.84 Å². The maximum Gasteiger partial charge on any atom is 0.105 e. The van der Waals surface area contributed by atoms with E-state index in [-0.39, 0.29) is 6.10 Å². The quantitative estimate of drug-likeness (QED) is 0.777. The monoisotopic (exact) mass is 198 g/mol. The smallest absolute Gasteiger partial charge is 0.105 e. The molecule has 0 aliphatic carbocycles. The molecule has 0 aromatic carbocycles. The molecule has 80 valence electrons. The minimum absolute atomic E-state index is 0.144. The Labute approximate surface area is 84.5 Å². The van der Waals surface area contributed by atoms with Crippen LogP contribution in [-0.4, -0.2) is 27.6 Å². The number of aliphatic hydroxyl groups is 1. The highest BCUT2D eigenvalue weighted by molar-refractivity contribution is 5.07. The van der Waals surface area contributed by atoms with Crippen LogP contribution in [0.2, 0.25) is 0 Å². The van der Waals surface area contributed by atoms with Crippen LogP contribution >= 0.6 is 0 Å². The lowest BCUT2D eigenvalue weighted by atomic mass is 10.2. The van der Waals surface area contributed by atoms with Crippen LogP contribution in [0, 0.1) is 0 Å². The molecule has 14 heavy (non-hydrogen) atoms. The van der Waals surface area contributed by atoms with Crippen molar-refractivity contribution in [3.05, 3.63) is 18.0 Å². The van der Waals surface area contributed by atoms with Crippen molar-refractivity contribution in [1.82, 2.24) is 9.78 Å². The molecule has 1 unspecified atom stereocenters. The second kappa shape index (κ2) is 5.12. The maximum atomic E-state index is 9.70. The van der Waals surface area contributed by atoms with Gasteiger partial charge in [-0.15, -0.1) is 0 Å². The normalized spacial score (nSPS) is 13.5. The van der Waals surface area contributed by atoms with Crippen molar-refractivity contribution in [3.8, 4) is 0 Å². The van der Waals surface area contributed by atoms with Crippen LogP contribution in [0.1, 0.15) is 32.4 Å². The van der Waals surface area contributed by atoms with Crippen LogP contribution < -0.4 is 0 Å². The van der Waals surface area contributed by atoms with Crippen molar-refractivity contribution in [1.29, 1.82) is 0 Å². The Kier molecular flexibility index (Phi) is 4.10. The summed E-state index contributed by atoms with van der Waals surface area (Å²) < 4.78 is 7.10. The lowest BCUT2D eigenvalue weighted by Crippen LogP contribution is -2.11. The molecule has 1 aromatic rings. The van der Waals surface area contributed by atoms with E-state index in [0.717, 1.165) is 12.1 Å². The van der Waals surface area contributed by atoms with Gasteiger partial charge >= 0.3 is 0 Å². The van der Waals surface area contributed by atoms with Gasteiger partial charge in [0.25, 0.3) is 0 Å². The average molecular weight is 198 g/mol. The van der Waals surface area contributed by atoms with E-state index in [1.54, 1.807) is 10.9 Å². The fourth-order valence-corrected chi connectivity index (χ4v) is 1.10. The average Bonchev–Trinajstić information content (AvgIpc) is 2.62. The van der Waals surface area contributed by atoms with Gasteiger partial charge in [0.05, 0.1) is 18.9 Å². The lowest BCUT2D eigenvalue weighted by molar-refractivity contribution is 0.00490. The first-order chi connectivity index (χ1) is 6.63. The van der Waals surface area contributed by atoms with Gasteiger partial charge in [-0.05, 0) is 20.8 Å². The number of aryl methyl sites for hydroxylation is 1. The Morgan fingerprint density at radius 3 is 2.79 bits per heavy atom. The minimum Gasteiger partial charge on any atom is -0.386 e. The molecule has 4 heteroatoms. The summed E-state index contributed by atoms with van der Waals surface area (Å²) in [5.74, 6) is 0. The first kappa shape index (κ1) is 11.2. The molecule has 1 atom stereocenters. The van der Waals surface area contributed by atoms with Crippen molar-refractivity contribution in [3.63, 3.8) is 0 Å². The Hall–Kier alpha value is -0.870. The van der Waals surface area contributed by atoms with Gasteiger partial charge < -0.3 is 9.84 Å². The molecule has 0 amide bonds. The van der Waals surface area contributed by atoms with Gasteiger partial charge in [0.2, 0.25) is 0 Å². The molecule has 0 spiro atoms. The highest BCUT2D eigenvalue weighted by Crippen LogP contribution is 2.12. The van der Waals surface area contributed by atoms with Gasteiger partial charge in [-0.25, -0.2) is 0 Å². The van der Waals surface area contributed by atoms with Gasteiger partial charge in [0.1, 0.15) is 6.10 Å². The summed E-state index contributed by atoms with van der Waals surface area (Å²) in [6.07, 6.45) is 3.09. The van der Waals surface area contributed by atoms with E-state index in [2.05, 4.69) is 5.10 Å². The number of hydrogen-bond donors (Lipinski definition) is 1. The predicted octanol–water partition coefficient (Wildman–Crippen LogP) is 1.36. The molecule has 0 fully saturated rings. The first-order valence-electron chi connectivity index (χ1n) is 4.95. The summed E-state index contributed by atoms with van der Waals surface area (Å²) in [5.41, 5.74) is 0.812. The first-order valence-corrected chi connectivity index (χ1v) is 4.95. The summed E-state index contributed by atoms with van der Waals surface area (Å²) >= 11 is 0. The largest absolute Gasteiger partial charge is 0.386 e. The van der Waals surface area contributed by atoms with E-state index < -0.39 is 6.10 Å². The summed E-state index contributed by atoms with van der Waals surface area (Å²) in [6.45, 7) is 7.04. The molecule has 0 aliphatic heterocycles. The van der Waals surface area contributed by atoms with Crippen LogP contribution in [0.15, 0.2) is 12.4 Å². The summed E-state index contributed by atoms with van der Waals surface area (Å²) in [7, 11) is 0. The zero-order valence-electron chi connectivity index (χ0n) is 8.97. The third-order valence-electron chi connectivity index (χ3n) is 1.95. The summed E-state index contributed by atoms with van der Waals surface area (Å²) in [4.78, 5) is 0. The zero-order valence-corrected chi connectivity index (χ0v) is 8.97. The van der Waals surface area contributed by atoms with E-state index in [9.17, 15) is 5.11 Å². The minimum atomic E-state index is -0.572. The second-order valence-corrected chi connectivity index (χ2v) is 3.53. The van der Waals surface area contributed by atoms with Gasteiger partial charge in [-0.2, -0.15) is 5.10 Å². The van der Waals surface area contributed by atoms with Crippen LogP contribution in [-0.2, 0) is 11.3 Å². The van der Waals surface area contributed by atoms with Crippen molar-refractivity contribution in [2.75, 3.05) is 6.61 Å². The fourth-order valence-electron chi connectivity index (χ4n) is 1.10. The van der Waals surface area contributed by atoms with Crippen LogP contribution in [0.4, 0.5) is 0 Å².